The zero-order valence-electron chi connectivity index (χ0n) is 53.4. The molecule has 0 amide bonds. The summed E-state index contributed by atoms with van der Waals surface area (Å²) in [7, 11) is 0. The zero-order valence-corrected chi connectivity index (χ0v) is 33.7. The number of aromatic nitrogens is 2. The number of rotatable bonds is 5. The number of fused-ring (bicyclic) bond motifs is 2. The number of aryl methyl sites for hydroxylation is 4. The topological polar surface area (TPSA) is 25.8 Å². The van der Waals surface area contributed by atoms with E-state index in [0.717, 1.165) is 0 Å². The number of nitrogens with zero attached hydrogens (tertiary/aromatic N) is 2. The Kier molecular flexibility index (Phi) is 6.13. The SMILES string of the molecule is [2H]C([2H])([2H])c1cc(-c2[c-]ccc(-c3ccc4c(c3)C([2H])([2H])C3(C([2H])([2H])c5ccccc5C3([2H])[2H])C4([2H])[2H])c2)ncc1C([2H])([2H])C(C)(C)C.[2H]C([2H])([2H])c1ccc(-c2[c-]ccc(-c3c(C([2H])([2H])[2H])cccc3C([2H])([2H])[2H])c2)nc1.[Ir]. The van der Waals surface area contributed by atoms with Crippen molar-refractivity contribution < 1.29 is 50.3 Å². The average molecular weight is 943 g/mol. The van der Waals surface area contributed by atoms with E-state index in [1.54, 1.807) is 63.2 Å². The van der Waals surface area contributed by atoms with Crippen LogP contribution in [0.15, 0.2) is 128 Å². The summed E-state index contributed by atoms with van der Waals surface area (Å²) in [6.07, 6.45) is -10.5. The maximum absolute atomic E-state index is 9.33. The van der Waals surface area contributed by atoms with Crippen molar-refractivity contribution in [2.45, 2.75) is 80.0 Å². The van der Waals surface area contributed by atoms with Gasteiger partial charge in [-0.25, -0.2) is 0 Å². The van der Waals surface area contributed by atoms with Gasteiger partial charge in [0.05, 0.1) is 0 Å². The minimum absolute atomic E-state index is 0. The van der Waals surface area contributed by atoms with Crippen molar-refractivity contribution >= 4 is 0 Å². The van der Waals surface area contributed by atoms with Crippen LogP contribution in [0.3, 0.4) is 0 Å². The molecule has 1 radical (unpaired) electrons. The van der Waals surface area contributed by atoms with E-state index in [2.05, 4.69) is 22.1 Å². The third kappa shape index (κ3) is 8.96. The molecule has 0 atom stereocenters. The Morgan fingerprint density at radius 2 is 1.23 bits per heavy atom. The summed E-state index contributed by atoms with van der Waals surface area (Å²) in [5, 5.41) is 0. The Morgan fingerprint density at radius 1 is 0.614 bits per heavy atom. The van der Waals surface area contributed by atoms with Gasteiger partial charge in [0, 0.05) is 62.7 Å². The molecular formula is C54H52IrN2-2. The van der Waals surface area contributed by atoms with Crippen molar-refractivity contribution in [3.8, 4) is 44.8 Å². The van der Waals surface area contributed by atoms with Crippen molar-refractivity contribution in [1.29, 1.82) is 0 Å². The van der Waals surface area contributed by atoms with Crippen LogP contribution in [0, 0.1) is 50.4 Å². The fourth-order valence-electron chi connectivity index (χ4n) is 6.72. The third-order valence-corrected chi connectivity index (χ3v) is 9.25. The Hall–Kier alpha value is -4.95. The Labute approximate surface area is 385 Å². The van der Waals surface area contributed by atoms with E-state index in [1.165, 1.54) is 85.2 Å². The van der Waals surface area contributed by atoms with Crippen molar-refractivity contribution in [3.63, 3.8) is 0 Å². The summed E-state index contributed by atoms with van der Waals surface area (Å²) in [5.74, 6) is 0. The van der Waals surface area contributed by atoms with E-state index < -0.39 is 70.1 Å². The quantitative estimate of drug-likeness (QED) is 0.161. The van der Waals surface area contributed by atoms with Crippen LogP contribution in [0.25, 0.3) is 44.8 Å². The van der Waals surface area contributed by atoms with Crippen LogP contribution in [-0.2, 0) is 52.0 Å². The summed E-state index contributed by atoms with van der Waals surface area (Å²) >= 11 is 0. The van der Waals surface area contributed by atoms with Gasteiger partial charge in [-0.1, -0.05) is 105 Å². The largest absolute Gasteiger partial charge is 0.304 e. The van der Waals surface area contributed by atoms with Gasteiger partial charge in [0.1, 0.15) is 0 Å². The Morgan fingerprint density at radius 3 is 1.88 bits per heavy atom. The van der Waals surface area contributed by atoms with Gasteiger partial charge in [0.15, 0.2) is 0 Å². The van der Waals surface area contributed by atoms with Gasteiger partial charge in [-0.15, -0.1) is 70.8 Å². The molecule has 0 fully saturated rings. The minimum Gasteiger partial charge on any atom is -0.304 e. The summed E-state index contributed by atoms with van der Waals surface area (Å²) in [6, 6.07) is 34.5. The van der Waals surface area contributed by atoms with Gasteiger partial charge in [0.25, 0.3) is 0 Å². The van der Waals surface area contributed by atoms with Gasteiger partial charge >= 0.3 is 0 Å². The fraction of sp³-hybridized carbons (Fsp3) is 0.259. The number of pyridine rings is 2. The molecule has 2 aliphatic carbocycles. The van der Waals surface area contributed by atoms with E-state index in [4.69, 9.17) is 24.7 Å². The first kappa shape index (κ1) is 21.2. The Bertz CT molecular complexity index is 3370. The standard InChI is InChI=1S/C34H34N.C20H18N.Ir/c1-23-14-32(35-22-31(23)17-33(2,3)4)26-11-7-10-24(15-26)25-12-13-29-20-34(21-30(29)16-25)18-27-8-5-6-9-28(27)19-34;1-14-10-11-19(21-13-14)17-8-5-9-18(12-17)20-15(2)6-4-7-16(20)3;/h5-10,12-16,22H,17-21H2,1-4H3;4-7,9-13H,1-3H3;/q2*-1;/i1D3,17D2,18D2,19D2,20D2,21D2;1D3,2D3,3D3;. The smallest absolute Gasteiger partial charge is 0.0322 e. The average Bonchev–Trinajstić information content (AvgIpc) is 3.88. The second kappa shape index (κ2) is 16.5. The van der Waals surface area contributed by atoms with E-state index >= 15 is 0 Å². The Balaban J connectivity index is 0.000000251. The number of benzene rings is 5. The molecule has 0 unspecified atom stereocenters. The predicted octanol–water partition coefficient (Wildman–Crippen LogP) is 13.1. The van der Waals surface area contributed by atoms with Gasteiger partial charge in [-0.2, -0.15) is 0 Å². The molecule has 9 rings (SSSR count). The van der Waals surface area contributed by atoms with Crippen LogP contribution in [-0.4, -0.2) is 9.97 Å². The number of hydrogen-bond donors (Lipinski definition) is 0. The summed E-state index contributed by atoms with van der Waals surface area (Å²) in [5.41, 5.74) is -1.35. The molecule has 2 aromatic heterocycles. The van der Waals surface area contributed by atoms with E-state index in [0.29, 0.717) is 33.5 Å². The van der Waals surface area contributed by atoms with Crippen LogP contribution in [0.1, 0.15) is 101 Å². The molecule has 2 aliphatic rings. The van der Waals surface area contributed by atoms with E-state index in [9.17, 15) is 5.48 Å². The van der Waals surface area contributed by atoms with Gasteiger partial charge in [0.2, 0.25) is 0 Å². The monoisotopic (exact) mass is 944 g/mol. The first-order chi connectivity index (χ1) is 35.6. The van der Waals surface area contributed by atoms with E-state index in [1.807, 2.05) is 0 Å². The maximum Gasteiger partial charge on any atom is 0.0322 e. The summed E-state index contributed by atoms with van der Waals surface area (Å²) in [4.78, 5) is 8.60. The van der Waals surface area contributed by atoms with Gasteiger partial charge in [-0.05, 0) is 137 Å². The first-order valence-electron chi connectivity index (χ1n) is 29.1. The zero-order chi connectivity index (χ0) is 58.0. The molecule has 1 spiro atoms. The molecule has 0 saturated heterocycles. The van der Waals surface area contributed by atoms with E-state index in [-0.39, 0.29) is 81.4 Å². The molecule has 2 heterocycles. The maximum atomic E-state index is 9.33. The van der Waals surface area contributed by atoms with Crippen molar-refractivity contribution in [2.75, 3.05) is 0 Å². The van der Waals surface area contributed by atoms with Crippen molar-refractivity contribution in [1.82, 2.24) is 9.97 Å². The summed E-state index contributed by atoms with van der Waals surface area (Å²) < 4.78 is 185. The molecular weight excluding hydrogens is 869 g/mol. The molecule has 5 aromatic carbocycles. The number of hydrogen-bond acceptors (Lipinski definition) is 2. The van der Waals surface area contributed by atoms with Crippen LogP contribution < -0.4 is 0 Å². The van der Waals surface area contributed by atoms with Gasteiger partial charge in [-0.3, -0.25) is 0 Å². The van der Waals surface area contributed by atoms with Crippen LogP contribution in [0.2, 0.25) is 0 Å². The van der Waals surface area contributed by atoms with Crippen LogP contribution >= 0.6 is 0 Å². The molecule has 0 bridgehead atoms. The molecule has 0 N–H and O–H groups in total. The normalized spacial score (nSPS) is 24.1. The second-order valence-electron chi connectivity index (χ2n) is 14.7. The molecule has 0 saturated carbocycles. The second-order valence-corrected chi connectivity index (χ2v) is 14.7. The molecule has 0 aliphatic heterocycles. The van der Waals surface area contributed by atoms with Crippen molar-refractivity contribution in [2.24, 2.45) is 10.8 Å². The molecule has 57 heavy (non-hydrogen) atoms. The van der Waals surface area contributed by atoms with Gasteiger partial charge < -0.3 is 9.97 Å². The van der Waals surface area contributed by atoms with Crippen LogP contribution in [0.4, 0.5) is 0 Å². The van der Waals surface area contributed by atoms with Crippen LogP contribution in [0.5, 0.6) is 0 Å². The predicted molar refractivity (Wildman–Crippen MR) is 234 cm³/mol. The molecule has 2 nitrogen and oxygen atoms in total. The minimum atomic E-state index is -2.81. The third-order valence-electron chi connectivity index (χ3n) is 9.25. The molecule has 289 valence electrons. The fourth-order valence-corrected chi connectivity index (χ4v) is 6.72. The molecule has 7 aromatic rings. The first-order valence-corrected chi connectivity index (χ1v) is 18.1. The van der Waals surface area contributed by atoms with Crippen molar-refractivity contribution in [3.05, 3.63) is 190 Å². The summed E-state index contributed by atoms with van der Waals surface area (Å²) in [6.45, 7) is -4.87. The molecule has 3 heteroatoms.